The minimum Gasteiger partial charge on any atom is -0.501 e. The fourth-order valence-electron chi connectivity index (χ4n) is 4.35. The third-order valence-electron chi connectivity index (χ3n) is 5.81. The lowest BCUT2D eigenvalue weighted by Crippen LogP contribution is -2.49. The van der Waals surface area contributed by atoms with Crippen LogP contribution in [0.15, 0.2) is 49.1 Å². The Morgan fingerprint density at radius 1 is 1.19 bits per heavy atom. The Morgan fingerprint density at radius 3 is 2.66 bits per heavy atom. The summed E-state index contributed by atoms with van der Waals surface area (Å²) in [7, 11) is 0. The molecule has 2 aliphatic rings. The third-order valence-corrected chi connectivity index (χ3v) is 5.81. The summed E-state index contributed by atoms with van der Waals surface area (Å²) in [5.74, 6) is 0.126. The number of hydrogen-bond acceptors (Lipinski definition) is 6. The first-order chi connectivity index (χ1) is 15.4. The number of aliphatic hydroxyl groups is 1. The quantitative estimate of drug-likeness (QED) is 0.617. The van der Waals surface area contributed by atoms with Crippen LogP contribution in [0.2, 0.25) is 0 Å². The molecule has 8 heteroatoms. The summed E-state index contributed by atoms with van der Waals surface area (Å²) in [5, 5.41) is 12.8. The number of halogens is 1. The molecule has 1 unspecified atom stereocenters. The number of likely N-dealkylation sites (tertiary alicyclic amines) is 1. The highest BCUT2D eigenvalue weighted by Crippen LogP contribution is 2.30. The van der Waals surface area contributed by atoms with E-state index in [0.29, 0.717) is 32.2 Å². The number of aromatic nitrogens is 3. The molecular weight excluding hydrogens is 409 g/mol. The van der Waals surface area contributed by atoms with Crippen LogP contribution in [0.25, 0.3) is 5.82 Å². The Hall–Kier alpha value is -3.23. The number of β-amino-alcohol motifs (C(OH)–C–C–N with tert-alkyl or cyclic N) is 1. The average molecular weight is 436 g/mol. The minimum atomic E-state index is -0.498. The standard InChI is InChI=1S/C24H26FN5O2/c1-15-5-16(2)7-19(6-15)27-24-26-8-22(25)23(28-24)30-10-18(9-29-11-20(31)12-29)21(13-30)17-3-4-32-14-17/h3-8,10,13,17,20,31H,9,11-12,14H2,1-2H3,(H,26,27,28). The number of benzene rings is 1. The van der Waals surface area contributed by atoms with Gasteiger partial charge < -0.3 is 19.7 Å². The van der Waals surface area contributed by atoms with Crippen molar-refractivity contribution in [3.8, 4) is 5.82 Å². The van der Waals surface area contributed by atoms with E-state index in [9.17, 15) is 9.50 Å². The summed E-state index contributed by atoms with van der Waals surface area (Å²) >= 11 is 0. The molecule has 32 heavy (non-hydrogen) atoms. The maximum Gasteiger partial charge on any atom is 0.229 e. The topological polar surface area (TPSA) is 75.4 Å². The Bertz CT molecular complexity index is 1150. The number of ether oxygens (including phenoxy) is 1. The molecule has 0 amide bonds. The first-order valence-electron chi connectivity index (χ1n) is 10.7. The number of anilines is 2. The van der Waals surface area contributed by atoms with Gasteiger partial charge in [-0.15, -0.1) is 0 Å². The van der Waals surface area contributed by atoms with Crippen LogP contribution >= 0.6 is 0 Å². The zero-order valence-electron chi connectivity index (χ0n) is 18.1. The molecule has 1 fully saturated rings. The normalized spacial score (nSPS) is 18.6. The van der Waals surface area contributed by atoms with Crippen LogP contribution in [0.4, 0.5) is 16.0 Å². The Labute approximate surface area is 186 Å². The van der Waals surface area contributed by atoms with E-state index in [1.165, 1.54) is 6.20 Å². The second-order valence-corrected chi connectivity index (χ2v) is 8.63. The summed E-state index contributed by atoms with van der Waals surface area (Å²) < 4.78 is 21.9. The number of aryl methyl sites for hydroxylation is 2. The van der Waals surface area contributed by atoms with Gasteiger partial charge in [-0.1, -0.05) is 6.07 Å². The molecule has 1 aromatic carbocycles. The predicted molar refractivity (Wildman–Crippen MR) is 120 cm³/mol. The second-order valence-electron chi connectivity index (χ2n) is 8.63. The molecule has 7 nitrogen and oxygen atoms in total. The SMILES string of the molecule is Cc1cc(C)cc(Nc2ncc(F)c(-n3cc(CN4CC(O)C4)c(C4C=COC4)c3)n2)c1. The van der Waals surface area contributed by atoms with Gasteiger partial charge in [0, 0.05) is 43.6 Å². The predicted octanol–water partition coefficient (Wildman–Crippen LogP) is 3.57. The Kier molecular flexibility index (Phi) is 5.40. The van der Waals surface area contributed by atoms with Gasteiger partial charge in [0.15, 0.2) is 11.6 Å². The highest BCUT2D eigenvalue weighted by molar-refractivity contribution is 5.56. The molecule has 4 heterocycles. The summed E-state index contributed by atoms with van der Waals surface area (Å²) in [6.45, 7) is 6.59. The van der Waals surface area contributed by atoms with Gasteiger partial charge in [0.25, 0.3) is 0 Å². The van der Waals surface area contributed by atoms with Crippen molar-refractivity contribution in [3.63, 3.8) is 0 Å². The van der Waals surface area contributed by atoms with Crippen LogP contribution in [0, 0.1) is 19.7 Å². The monoisotopic (exact) mass is 435 g/mol. The molecule has 0 spiro atoms. The van der Waals surface area contributed by atoms with Crippen LogP contribution in [-0.2, 0) is 11.3 Å². The zero-order chi connectivity index (χ0) is 22.2. The number of hydrogen-bond donors (Lipinski definition) is 2. The number of rotatable bonds is 6. The molecule has 0 radical (unpaired) electrons. The zero-order valence-corrected chi connectivity index (χ0v) is 18.1. The number of nitrogens with one attached hydrogen (secondary N) is 1. The molecule has 2 aliphatic heterocycles. The fourth-order valence-corrected chi connectivity index (χ4v) is 4.35. The van der Waals surface area contributed by atoms with Gasteiger partial charge in [0.1, 0.15) is 0 Å². The molecule has 3 aromatic rings. The van der Waals surface area contributed by atoms with Crippen LogP contribution in [0.5, 0.6) is 0 Å². The van der Waals surface area contributed by atoms with Crippen molar-refractivity contribution in [1.29, 1.82) is 0 Å². The molecule has 0 saturated carbocycles. The van der Waals surface area contributed by atoms with Gasteiger partial charge in [-0.25, -0.2) is 9.37 Å². The van der Waals surface area contributed by atoms with E-state index in [-0.39, 0.29) is 17.8 Å². The maximum absolute atomic E-state index is 14.8. The van der Waals surface area contributed by atoms with E-state index < -0.39 is 5.82 Å². The van der Waals surface area contributed by atoms with Gasteiger partial charge in [-0.2, -0.15) is 4.98 Å². The maximum atomic E-state index is 14.8. The van der Waals surface area contributed by atoms with Crippen molar-refractivity contribution >= 4 is 11.6 Å². The molecule has 2 aromatic heterocycles. The lowest BCUT2D eigenvalue weighted by atomic mass is 9.99. The van der Waals surface area contributed by atoms with Crippen molar-refractivity contribution in [1.82, 2.24) is 19.4 Å². The van der Waals surface area contributed by atoms with Gasteiger partial charge in [-0.05, 0) is 54.3 Å². The lowest BCUT2D eigenvalue weighted by Gasteiger charge is -2.35. The van der Waals surface area contributed by atoms with E-state index in [0.717, 1.165) is 27.9 Å². The van der Waals surface area contributed by atoms with E-state index >= 15 is 0 Å². The largest absolute Gasteiger partial charge is 0.501 e. The molecule has 5 rings (SSSR count). The summed E-state index contributed by atoms with van der Waals surface area (Å²) in [4.78, 5) is 10.8. The highest BCUT2D eigenvalue weighted by Gasteiger charge is 2.27. The van der Waals surface area contributed by atoms with Crippen molar-refractivity contribution in [2.24, 2.45) is 0 Å². The smallest absolute Gasteiger partial charge is 0.229 e. The second kappa shape index (κ2) is 8.37. The highest BCUT2D eigenvalue weighted by atomic mass is 19.1. The Morgan fingerprint density at radius 2 is 1.97 bits per heavy atom. The number of aliphatic hydroxyl groups excluding tert-OH is 1. The third kappa shape index (κ3) is 4.24. The fraction of sp³-hybridized carbons (Fsp3) is 0.333. The van der Waals surface area contributed by atoms with E-state index in [1.54, 1.807) is 10.8 Å². The summed E-state index contributed by atoms with van der Waals surface area (Å²) in [6, 6.07) is 6.08. The van der Waals surface area contributed by atoms with Crippen LogP contribution < -0.4 is 5.32 Å². The van der Waals surface area contributed by atoms with Gasteiger partial charge >= 0.3 is 0 Å². The van der Waals surface area contributed by atoms with Crippen molar-refractivity contribution in [3.05, 3.63) is 77.2 Å². The molecule has 0 aliphatic carbocycles. The summed E-state index contributed by atoms with van der Waals surface area (Å²) in [5.41, 5.74) is 5.24. The van der Waals surface area contributed by atoms with Crippen LogP contribution in [0.3, 0.4) is 0 Å². The van der Waals surface area contributed by atoms with E-state index in [1.807, 2.05) is 44.4 Å². The molecule has 2 N–H and O–H groups in total. The van der Waals surface area contributed by atoms with Gasteiger partial charge in [0.2, 0.25) is 5.95 Å². The van der Waals surface area contributed by atoms with Crippen molar-refractivity contribution in [2.45, 2.75) is 32.4 Å². The van der Waals surface area contributed by atoms with Crippen molar-refractivity contribution in [2.75, 3.05) is 25.0 Å². The van der Waals surface area contributed by atoms with E-state index in [4.69, 9.17) is 4.74 Å². The average Bonchev–Trinajstić information content (AvgIpc) is 3.37. The molecule has 0 bridgehead atoms. The Balaban J connectivity index is 1.46. The molecule has 1 saturated heterocycles. The van der Waals surface area contributed by atoms with Crippen molar-refractivity contribution < 1.29 is 14.2 Å². The first kappa shape index (κ1) is 20.7. The molecule has 166 valence electrons. The van der Waals surface area contributed by atoms with Gasteiger partial charge in [0.05, 0.1) is 25.2 Å². The van der Waals surface area contributed by atoms with Crippen LogP contribution in [-0.4, -0.2) is 50.3 Å². The minimum absolute atomic E-state index is 0.107. The van der Waals surface area contributed by atoms with E-state index in [2.05, 4.69) is 26.3 Å². The number of nitrogens with zero attached hydrogens (tertiary/aromatic N) is 4. The lowest BCUT2D eigenvalue weighted by molar-refractivity contribution is -0.00302. The van der Waals surface area contributed by atoms with Crippen LogP contribution in [0.1, 0.15) is 28.2 Å². The first-order valence-corrected chi connectivity index (χ1v) is 10.7. The summed E-state index contributed by atoms with van der Waals surface area (Å²) in [6.07, 6.45) is 8.47. The molecule has 1 atom stereocenters. The molecular formula is C24H26FN5O2. The van der Waals surface area contributed by atoms with Gasteiger partial charge in [-0.3, -0.25) is 4.90 Å².